The largest absolute Gasteiger partial charge is 0.480 e. The summed E-state index contributed by atoms with van der Waals surface area (Å²) in [5.74, 6) is -0.916. The predicted octanol–water partition coefficient (Wildman–Crippen LogP) is -0.861. The van der Waals surface area contributed by atoms with Crippen molar-refractivity contribution in [1.29, 1.82) is 0 Å². The van der Waals surface area contributed by atoms with E-state index in [1.807, 2.05) is 0 Å². The number of carbonyl (C=O) groups is 2. The summed E-state index contributed by atoms with van der Waals surface area (Å²) in [5.41, 5.74) is 0. The molecule has 2 N–H and O–H groups in total. The summed E-state index contributed by atoms with van der Waals surface area (Å²) in [6, 6.07) is 0. The van der Waals surface area contributed by atoms with Crippen LogP contribution in [0.25, 0.3) is 0 Å². The third kappa shape index (κ3) is 5.67. The first kappa shape index (κ1) is 10.9. The van der Waals surface area contributed by atoms with Gasteiger partial charge in [-0.1, -0.05) is 0 Å². The Bertz CT molecular complexity index is 168. The molecule has 5 heteroatoms. The van der Waals surface area contributed by atoms with E-state index in [1.165, 1.54) is 4.90 Å². The summed E-state index contributed by atoms with van der Waals surface area (Å²) >= 11 is 0. The molecule has 0 bridgehead atoms. The van der Waals surface area contributed by atoms with Gasteiger partial charge in [0.05, 0.1) is 6.54 Å². The van der Waals surface area contributed by atoms with Crippen molar-refractivity contribution >= 4 is 11.9 Å². The molecular weight excluding hydrogens is 160 g/mol. The number of carbonyl (C=O) groups excluding carboxylic acids is 1. The lowest BCUT2D eigenvalue weighted by atomic mass is 10.4. The third-order valence-electron chi connectivity index (χ3n) is 1.29. The van der Waals surface area contributed by atoms with E-state index in [4.69, 9.17) is 5.11 Å². The van der Waals surface area contributed by atoms with Gasteiger partial charge in [0.1, 0.15) is 0 Å². The smallest absolute Gasteiger partial charge is 0.317 e. The van der Waals surface area contributed by atoms with Crippen molar-refractivity contribution in [2.45, 2.75) is 6.42 Å². The number of carboxylic acid groups (broad SMARTS) is 1. The molecule has 5 nitrogen and oxygen atoms in total. The number of amides is 1. The van der Waals surface area contributed by atoms with Gasteiger partial charge in [-0.2, -0.15) is 0 Å². The Balaban J connectivity index is 3.32. The van der Waals surface area contributed by atoms with Crippen LogP contribution in [0, 0.1) is 0 Å². The topological polar surface area (TPSA) is 69.6 Å². The van der Waals surface area contributed by atoms with Crippen molar-refractivity contribution in [2.24, 2.45) is 0 Å². The van der Waals surface area contributed by atoms with Crippen LogP contribution >= 0.6 is 0 Å². The van der Waals surface area contributed by atoms with E-state index >= 15 is 0 Å². The van der Waals surface area contributed by atoms with Crippen LogP contribution in [0.3, 0.4) is 0 Å². The zero-order valence-electron chi connectivity index (χ0n) is 7.33. The molecule has 0 fully saturated rings. The average molecular weight is 174 g/mol. The highest BCUT2D eigenvalue weighted by atomic mass is 16.4. The van der Waals surface area contributed by atoms with E-state index < -0.39 is 5.97 Å². The number of nitrogens with one attached hydrogen (secondary N) is 1. The fourth-order valence-electron chi connectivity index (χ4n) is 0.614. The Morgan fingerprint density at radius 1 is 1.42 bits per heavy atom. The molecule has 0 radical (unpaired) electrons. The lowest BCUT2D eigenvalue weighted by molar-refractivity contribution is -0.136. The minimum atomic E-state index is -0.910. The quantitative estimate of drug-likeness (QED) is 0.532. The molecule has 0 aromatic rings. The second kappa shape index (κ2) is 5.54. The Labute approximate surface area is 71.4 Å². The van der Waals surface area contributed by atoms with E-state index in [0.29, 0.717) is 13.0 Å². The Hall–Kier alpha value is -1.10. The molecule has 0 aromatic heterocycles. The zero-order valence-corrected chi connectivity index (χ0v) is 7.33. The summed E-state index contributed by atoms with van der Waals surface area (Å²) in [6.07, 6.45) is 0.334. The molecule has 1 amide bonds. The van der Waals surface area contributed by atoms with Crippen molar-refractivity contribution in [3.05, 3.63) is 0 Å². The summed E-state index contributed by atoms with van der Waals surface area (Å²) < 4.78 is 0. The summed E-state index contributed by atoms with van der Waals surface area (Å²) in [6.45, 7) is 0.310. The molecule has 0 saturated carbocycles. The minimum Gasteiger partial charge on any atom is -0.480 e. The highest BCUT2D eigenvalue weighted by Crippen LogP contribution is 1.83. The standard InChI is InChI=1S/C7H14N2O3/c1-9(2)6(10)3-4-8-5-7(11)12/h8H,3-5H2,1-2H3,(H,11,12). The highest BCUT2D eigenvalue weighted by Gasteiger charge is 2.02. The molecule has 0 rings (SSSR count). The maximum absolute atomic E-state index is 10.9. The van der Waals surface area contributed by atoms with Gasteiger partial charge in [-0.25, -0.2) is 0 Å². The third-order valence-corrected chi connectivity index (χ3v) is 1.29. The van der Waals surface area contributed by atoms with Gasteiger partial charge >= 0.3 is 5.97 Å². The van der Waals surface area contributed by atoms with Crippen LogP contribution in [-0.2, 0) is 9.59 Å². The predicted molar refractivity (Wildman–Crippen MR) is 43.8 cm³/mol. The second-order valence-corrected chi connectivity index (χ2v) is 2.61. The van der Waals surface area contributed by atoms with Crippen molar-refractivity contribution in [1.82, 2.24) is 10.2 Å². The van der Waals surface area contributed by atoms with Crippen molar-refractivity contribution < 1.29 is 14.7 Å². The van der Waals surface area contributed by atoms with Crippen LogP contribution in [0.1, 0.15) is 6.42 Å². The normalized spacial score (nSPS) is 9.50. The van der Waals surface area contributed by atoms with Crippen molar-refractivity contribution in [3.63, 3.8) is 0 Å². The van der Waals surface area contributed by atoms with E-state index in [-0.39, 0.29) is 12.5 Å². The van der Waals surface area contributed by atoms with Crippen LogP contribution in [0.4, 0.5) is 0 Å². The van der Waals surface area contributed by atoms with E-state index in [0.717, 1.165) is 0 Å². The molecule has 70 valence electrons. The van der Waals surface area contributed by atoms with Crippen LogP contribution in [0.2, 0.25) is 0 Å². The number of rotatable bonds is 5. The summed E-state index contributed by atoms with van der Waals surface area (Å²) in [4.78, 5) is 22.4. The van der Waals surface area contributed by atoms with E-state index in [9.17, 15) is 9.59 Å². The van der Waals surface area contributed by atoms with Crippen LogP contribution < -0.4 is 5.32 Å². The minimum absolute atomic E-state index is 0.00658. The molecule has 0 aliphatic rings. The van der Waals surface area contributed by atoms with Crippen molar-refractivity contribution in [2.75, 3.05) is 27.2 Å². The van der Waals surface area contributed by atoms with Gasteiger partial charge in [0, 0.05) is 27.1 Å². The molecule has 0 atom stereocenters. The van der Waals surface area contributed by atoms with Gasteiger partial charge in [-0.05, 0) is 0 Å². The maximum Gasteiger partial charge on any atom is 0.317 e. The van der Waals surface area contributed by atoms with Crippen LogP contribution in [0.5, 0.6) is 0 Å². The molecule has 12 heavy (non-hydrogen) atoms. The number of nitrogens with zero attached hydrogens (tertiary/aromatic N) is 1. The van der Waals surface area contributed by atoms with Gasteiger partial charge in [0.15, 0.2) is 0 Å². The van der Waals surface area contributed by atoms with Gasteiger partial charge in [-0.15, -0.1) is 0 Å². The van der Waals surface area contributed by atoms with Crippen LogP contribution in [-0.4, -0.2) is 49.1 Å². The van der Waals surface area contributed by atoms with Gasteiger partial charge in [0.25, 0.3) is 0 Å². The SMILES string of the molecule is CN(C)C(=O)CCNCC(=O)O. The second-order valence-electron chi connectivity index (χ2n) is 2.61. The molecule has 0 unspecified atom stereocenters. The number of hydrogen-bond acceptors (Lipinski definition) is 3. The lowest BCUT2D eigenvalue weighted by Gasteiger charge is -2.09. The highest BCUT2D eigenvalue weighted by molar-refractivity contribution is 5.75. The molecule has 0 aliphatic carbocycles. The van der Waals surface area contributed by atoms with Gasteiger partial charge < -0.3 is 15.3 Å². The van der Waals surface area contributed by atoms with E-state index in [1.54, 1.807) is 14.1 Å². The Morgan fingerprint density at radius 3 is 2.42 bits per heavy atom. The molecular formula is C7H14N2O3. The van der Waals surface area contributed by atoms with Gasteiger partial charge in [-0.3, -0.25) is 9.59 Å². The molecule has 0 saturated heterocycles. The Morgan fingerprint density at radius 2 is 2.00 bits per heavy atom. The zero-order chi connectivity index (χ0) is 9.56. The fourth-order valence-corrected chi connectivity index (χ4v) is 0.614. The maximum atomic E-state index is 10.9. The Kier molecular flexibility index (Phi) is 5.03. The number of carboxylic acids is 1. The fraction of sp³-hybridized carbons (Fsp3) is 0.714. The van der Waals surface area contributed by atoms with E-state index in [2.05, 4.69) is 5.32 Å². The molecule has 0 aliphatic heterocycles. The summed E-state index contributed by atoms with van der Waals surface area (Å²) in [5, 5.41) is 10.9. The first-order valence-electron chi connectivity index (χ1n) is 3.66. The molecule has 0 aromatic carbocycles. The number of hydrogen-bond donors (Lipinski definition) is 2. The lowest BCUT2D eigenvalue weighted by Crippen LogP contribution is -2.29. The van der Waals surface area contributed by atoms with Gasteiger partial charge in [0.2, 0.25) is 5.91 Å². The first-order valence-corrected chi connectivity index (χ1v) is 3.66. The van der Waals surface area contributed by atoms with Crippen LogP contribution in [0.15, 0.2) is 0 Å². The van der Waals surface area contributed by atoms with Crippen molar-refractivity contribution in [3.8, 4) is 0 Å². The monoisotopic (exact) mass is 174 g/mol. The average Bonchev–Trinajstić information content (AvgIpc) is 1.97. The number of aliphatic carboxylic acids is 1. The molecule has 0 spiro atoms. The summed E-state index contributed by atoms with van der Waals surface area (Å²) in [7, 11) is 3.33. The first-order chi connectivity index (χ1) is 5.54. The molecule has 0 heterocycles.